The van der Waals surface area contributed by atoms with Gasteiger partial charge in [-0.3, -0.25) is 4.79 Å². The van der Waals surface area contributed by atoms with Crippen molar-refractivity contribution in [2.75, 3.05) is 11.9 Å². The SMILES string of the molecule is CN(C(=O)c1ncn(-c2ccc(Cl)cc2)n1)c1ccc(OC(F)(F)F)cc1. The van der Waals surface area contributed by atoms with Crippen LogP contribution in [0.25, 0.3) is 5.69 Å². The van der Waals surface area contributed by atoms with Gasteiger partial charge in [0.05, 0.1) is 5.69 Å². The largest absolute Gasteiger partial charge is 0.573 e. The van der Waals surface area contributed by atoms with Crippen LogP contribution in [0.15, 0.2) is 54.9 Å². The molecule has 3 aromatic rings. The van der Waals surface area contributed by atoms with Crippen molar-refractivity contribution in [1.82, 2.24) is 14.8 Å². The smallest absolute Gasteiger partial charge is 0.406 e. The number of ether oxygens (including phenoxy) is 1. The number of hydrogen-bond acceptors (Lipinski definition) is 4. The maximum atomic E-state index is 12.5. The zero-order chi connectivity index (χ0) is 19.6. The number of alkyl halides is 3. The Bertz CT molecular complexity index is 940. The number of anilines is 1. The second-order valence-corrected chi connectivity index (χ2v) is 5.83. The van der Waals surface area contributed by atoms with E-state index in [1.807, 2.05) is 0 Å². The molecule has 2 aromatic carbocycles. The van der Waals surface area contributed by atoms with Crippen molar-refractivity contribution in [2.24, 2.45) is 0 Å². The number of carbonyl (C=O) groups excluding carboxylic acids is 1. The summed E-state index contributed by atoms with van der Waals surface area (Å²) in [4.78, 5) is 17.7. The second-order valence-electron chi connectivity index (χ2n) is 5.40. The summed E-state index contributed by atoms with van der Waals surface area (Å²) in [6.07, 6.45) is -3.40. The fourth-order valence-electron chi connectivity index (χ4n) is 2.22. The quantitative estimate of drug-likeness (QED) is 0.666. The molecule has 1 amide bonds. The van der Waals surface area contributed by atoms with E-state index in [-0.39, 0.29) is 11.6 Å². The van der Waals surface area contributed by atoms with E-state index in [0.29, 0.717) is 16.4 Å². The van der Waals surface area contributed by atoms with Crippen LogP contribution in [0.4, 0.5) is 18.9 Å². The van der Waals surface area contributed by atoms with Crippen molar-refractivity contribution in [3.05, 3.63) is 65.7 Å². The standard InChI is InChI=1S/C17H12ClF3N4O2/c1-24(12-6-8-14(9-7-12)27-17(19,20)21)16(26)15-22-10-25(23-15)13-4-2-11(18)3-5-13/h2-10H,1H3. The first-order chi connectivity index (χ1) is 12.7. The molecular formula is C17H12ClF3N4O2. The summed E-state index contributed by atoms with van der Waals surface area (Å²) < 4.78 is 41.8. The zero-order valence-corrected chi connectivity index (χ0v) is 14.6. The van der Waals surface area contributed by atoms with Crippen molar-refractivity contribution in [1.29, 1.82) is 0 Å². The molecule has 0 bridgehead atoms. The molecule has 0 aliphatic carbocycles. The second kappa shape index (κ2) is 7.28. The maximum Gasteiger partial charge on any atom is 0.573 e. The van der Waals surface area contributed by atoms with Crippen LogP contribution in [-0.4, -0.2) is 34.1 Å². The number of aromatic nitrogens is 3. The molecular weight excluding hydrogens is 385 g/mol. The Morgan fingerprint density at radius 1 is 1.11 bits per heavy atom. The van der Waals surface area contributed by atoms with Gasteiger partial charge in [-0.2, -0.15) is 0 Å². The summed E-state index contributed by atoms with van der Waals surface area (Å²) in [6, 6.07) is 11.7. The highest BCUT2D eigenvalue weighted by Crippen LogP contribution is 2.25. The van der Waals surface area contributed by atoms with Crippen LogP contribution in [-0.2, 0) is 0 Å². The Kier molecular flexibility index (Phi) is 5.04. The number of halogens is 4. The molecule has 27 heavy (non-hydrogen) atoms. The van der Waals surface area contributed by atoms with Gasteiger partial charge in [-0.05, 0) is 48.5 Å². The van der Waals surface area contributed by atoms with E-state index in [9.17, 15) is 18.0 Å². The van der Waals surface area contributed by atoms with E-state index in [1.165, 1.54) is 35.1 Å². The van der Waals surface area contributed by atoms with E-state index in [4.69, 9.17) is 11.6 Å². The Morgan fingerprint density at radius 3 is 2.33 bits per heavy atom. The molecule has 3 rings (SSSR count). The minimum absolute atomic E-state index is 0.0666. The fraction of sp³-hybridized carbons (Fsp3) is 0.118. The van der Waals surface area contributed by atoms with Crippen molar-refractivity contribution < 1.29 is 22.7 Å². The van der Waals surface area contributed by atoms with E-state index in [2.05, 4.69) is 14.8 Å². The minimum atomic E-state index is -4.78. The third-order valence-electron chi connectivity index (χ3n) is 3.54. The van der Waals surface area contributed by atoms with Gasteiger partial charge in [0.2, 0.25) is 5.82 Å². The summed E-state index contributed by atoms with van der Waals surface area (Å²) in [7, 11) is 1.46. The normalized spacial score (nSPS) is 11.3. The third-order valence-corrected chi connectivity index (χ3v) is 3.79. The van der Waals surface area contributed by atoms with Crippen LogP contribution < -0.4 is 9.64 Å². The summed E-state index contributed by atoms with van der Waals surface area (Å²) in [5.41, 5.74) is 1.03. The van der Waals surface area contributed by atoms with Crippen molar-refractivity contribution in [2.45, 2.75) is 6.36 Å². The Balaban J connectivity index is 1.75. The number of amides is 1. The molecule has 0 N–H and O–H groups in total. The maximum absolute atomic E-state index is 12.5. The summed E-state index contributed by atoms with van der Waals surface area (Å²) in [5.74, 6) is -0.965. The highest BCUT2D eigenvalue weighted by molar-refractivity contribution is 6.30. The first kappa shape index (κ1) is 18.7. The van der Waals surface area contributed by atoms with E-state index >= 15 is 0 Å². The van der Waals surface area contributed by atoms with E-state index < -0.39 is 12.3 Å². The topological polar surface area (TPSA) is 60.2 Å². The molecule has 0 spiro atoms. The molecule has 0 aliphatic heterocycles. The van der Waals surface area contributed by atoms with Gasteiger partial charge < -0.3 is 9.64 Å². The Morgan fingerprint density at radius 2 is 1.74 bits per heavy atom. The zero-order valence-electron chi connectivity index (χ0n) is 13.8. The van der Waals surface area contributed by atoms with Crippen LogP contribution >= 0.6 is 11.6 Å². The number of nitrogens with zero attached hydrogens (tertiary/aromatic N) is 4. The van der Waals surface area contributed by atoms with E-state index in [1.54, 1.807) is 24.3 Å². The van der Waals surface area contributed by atoms with Gasteiger partial charge >= 0.3 is 6.36 Å². The molecule has 0 unspecified atom stereocenters. The van der Waals surface area contributed by atoms with Crippen LogP contribution in [0.3, 0.4) is 0 Å². The van der Waals surface area contributed by atoms with Crippen LogP contribution in [0.2, 0.25) is 5.02 Å². The molecule has 0 fully saturated rings. The molecule has 10 heteroatoms. The number of benzene rings is 2. The van der Waals surface area contributed by atoms with Gasteiger partial charge in [0.25, 0.3) is 5.91 Å². The Hall–Kier alpha value is -3.07. The first-order valence-electron chi connectivity index (χ1n) is 7.54. The van der Waals surface area contributed by atoms with Crippen LogP contribution in [0, 0.1) is 0 Å². The number of hydrogen-bond donors (Lipinski definition) is 0. The van der Waals surface area contributed by atoms with Crippen molar-refractivity contribution in [3.63, 3.8) is 0 Å². The van der Waals surface area contributed by atoms with E-state index in [0.717, 1.165) is 12.1 Å². The molecule has 140 valence electrons. The molecule has 1 heterocycles. The number of carbonyl (C=O) groups is 1. The van der Waals surface area contributed by atoms with Crippen LogP contribution in [0.5, 0.6) is 5.75 Å². The predicted molar refractivity (Wildman–Crippen MR) is 92.2 cm³/mol. The molecule has 6 nitrogen and oxygen atoms in total. The number of rotatable bonds is 4. The molecule has 0 aliphatic rings. The molecule has 1 aromatic heterocycles. The summed E-state index contributed by atoms with van der Waals surface area (Å²) in [5, 5.41) is 4.68. The third kappa shape index (κ3) is 4.56. The molecule has 0 saturated carbocycles. The van der Waals surface area contributed by atoms with Gasteiger partial charge in [-0.25, -0.2) is 9.67 Å². The highest BCUT2D eigenvalue weighted by Gasteiger charge is 2.31. The van der Waals surface area contributed by atoms with Gasteiger partial charge in [-0.1, -0.05) is 11.6 Å². The fourth-order valence-corrected chi connectivity index (χ4v) is 2.34. The van der Waals surface area contributed by atoms with Gasteiger partial charge in [0, 0.05) is 17.8 Å². The summed E-state index contributed by atoms with van der Waals surface area (Å²) in [6.45, 7) is 0. The lowest BCUT2D eigenvalue weighted by Crippen LogP contribution is -2.27. The van der Waals surface area contributed by atoms with Gasteiger partial charge in [0.1, 0.15) is 12.1 Å². The van der Waals surface area contributed by atoms with Crippen molar-refractivity contribution >= 4 is 23.2 Å². The average Bonchev–Trinajstić information content (AvgIpc) is 3.10. The first-order valence-corrected chi connectivity index (χ1v) is 7.92. The van der Waals surface area contributed by atoms with Gasteiger partial charge in [0.15, 0.2) is 0 Å². The Labute approximate surface area is 156 Å². The minimum Gasteiger partial charge on any atom is -0.406 e. The molecule has 0 radical (unpaired) electrons. The molecule has 0 atom stereocenters. The van der Waals surface area contributed by atoms with Crippen LogP contribution in [0.1, 0.15) is 10.6 Å². The van der Waals surface area contributed by atoms with Gasteiger partial charge in [-0.15, -0.1) is 18.3 Å². The highest BCUT2D eigenvalue weighted by atomic mass is 35.5. The summed E-state index contributed by atoms with van der Waals surface area (Å²) >= 11 is 5.83. The average molecular weight is 397 g/mol. The monoisotopic (exact) mass is 396 g/mol. The molecule has 0 saturated heterocycles. The lowest BCUT2D eigenvalue weighted by molar-refractivity contribution is -0.274. The lowest BCUT2D eigenvalue weighted by Gasteiger charge is -2.16. The van der Waals surface area contributed by atoms with Crippen molar-refractivity contribution in [3.8, 4) is 11.4 Å². The lowest BCUT2D eigenvalue weighted by atomic mass is 10.2. The predicted octanol–water partition coefficient (Wildman–Crippen LogP) is 4.10.